The molecule has 0 unspecified atom stereocenters. The number of carbonyl (C=O) groups is 1. The lowest BCUT2D eigenvalue weighted by molar-refractivity contribution is -0.116. The van der Waals surface area contributed by atoms with E-state index in [1.54, 1.807) is 16.4 Å². The van der Waals surface area contributed by atoms with Crippen LogP contribution >= 0.6 is 0 Å². The quantitative estimate of drug-likeness (QED) is 0.690. The van der Waals surface area contributed by atoms with Crippen LogP contribution in [0.5, 0.6) is 0 Å². The van der Waals surface area contributed by atoms with Crippen molar-refractivity contribution in [2.45, 2.75) is 37.0 Å². The molecule has 0 aliphatic carbocycles. The smallest absolute Gasteiger partial charge is 0.243 e. The summed E-state index contributed by atoms with van der Waals surface area (Å²) in [5.74, 6) is -0.0610. The van der Waals surface area contributed by atoms with Gasteiger partial charge in [0.2, 0.25) is 15.9 Å². The van der Waals surface area contributed by atoms with Gasteiger partial charge in [-0.25, -0.2) is 8.42 Å². The highest BCUT2D eigenvalue weighted by atomic mass is 32.2. The number of amides is 1. The molecule has 0 atom stereocenters. The SMILES string of the molecule is O=C(CCc1ccc(S(=O)(=O)N2CCCCC2)cc1)Nc1cccc(N2CCOCC2)c1. The Morgan fingerprint density at radius 1 is 0.938 bits per heavy atom. The average Bonchev–Trinajstić information content (AvgIpc) is 2.84. The van der Waals surface area contributed by atoms with E-state index in [9.17, 15) is 13.2 Å². The molecule has 32 heavy (non-hydrogen) atoms. The summed E-state index contributed by atoms with van der Waals surface area (Å²) in [4.78, 5) is 15.0. The second-order valence-corrected chi connectivity index (χ2v) is 10.2. The van der Waals surface area contributed by atoms with Crippen LogP contribution in [0.25, 0.3) is 0 Å². The van der Waals surface area contributed by atoms with E-state index < -0.39 is 10.0 Å². The number of aryl methyl sites for hydroxylation is 1. The molecule has 0 aromatic heterocycles. The van der Waals surface area contributed by atoms with Gasteiger partial charge in [-0.2, -0.15) is 4.31 Å². The number of carbonyl (C=O) groups excluding carboxylic acids is 1. The largest absolute Gasteiger partial charge is 0.378 e. The van der Waals surface area contributed by atoms with Crippen LogP contribution < -0.4 is 10.2 Å². The highest BCUT2D eigenvalue weighted by molar-refractivity contribution is 7.89. The van der Waals surface area contributed by atoms with Crippen LogP contribution in [-0.4, -0.2) is 58.0 Å². The van der Waals surface area contributed by atoms with Crippen LogP contribution in [-0.2, 0) is 26.0 Å². The van der Waals surface area contributed by atoms with Crippen LogP contribution in [0, 0.1) is 0 Å². The van der Waals surface area contributed by atoms with Gasteiger partial charge in [-0.05, 0) is 55.2 Å². The molecule has 2 aromatic carbocycles. The van der Waals surface area contributed by atoms with E-state index in [-0.39, 0.29) is 5.91 Å². The van der Waals surface area contributed by atoms with Gasteiger partial charge < -0.3 is 15.0 Å². The fourth-order valence-corrected chi connectivity index (χ4v) is 5.68. The summed E-state index contributed by atoms with van der Waals surface area (Å²) in [7, 11) is -3.42. The number of piperidine rings is 1. The monoisotopic (exact) mass is 457 g/mol. The van der Waals surface area contributed by atoms with E-state index in [2.05, 4.69) is 10.2 Å². The summed E-state index contributed by atoms with van der Waals surface area (Å²) in [5.41, 5.74) is 2.80. The van der Waals surface area contributed by atoms with E-state index in [0.29, 0.717) is 44.0 Å². The fraction of sp³-hybridized carbons (Fsp3) is 0.458. The lowest BCUT2D eigenvalue weighted by atomic mass is 10.1. The Labute approximate surface area is 190 Å². The van der Waals surface area contributed by atoms with Crippen LogP contribution in [0.3, 0.4) is 0 Å². The maximum absolute atomic E-state index is 12.8. The zero-order valence-electron chi connectivity index (χ0n) is 18.3. The summed E-state index contributed by atoms with van der Waals surface area (Å²) < 4.78 is 32.5. The Morgan fingerprint density at radius 2 is 1.66 bits per heavy atom. The van der Waals surface area contributed by atoms with Gasteiger partial charge in [0.1, 0.15) is 0 Å². The Balaban J connectivity index is 1.30. The van der Waals surface area contributed by atoms with Gasteiger partial charge in [0.25, 0.3) is 0 Å². The summed E-state index contributed by atoms with van der Waals surface area (Å²) >= 11 is 0. The van der Waals surface area contributed by atoms with E-state index in [4.69, 9.17) is 4.74 Å². The van der Waals surface area contributed by atoms with Gasteiger partial charge in [-0.1, -0.05) is 24.6 Å². The van der Waals surface area contributed by atoms with Crippen LogP contribution in [0.4, 0.5) is 11.4 Å². The van der Waals surface area contributed by atoms with Crippen molar-refractivity contribution in [1.82, 2.24) is 4.31 Å². The summed E-state index contributed by atoms with van der Waals surface area (Å²) in [6.45, 7) is 4.32. The summed E-state index contributed by atoms with van der Waals surface area (Å²) in [5, 5.41) is 2.97. The molecule has 2 saturated heterocycles. The van der Waals surface area contributed by atoms with E-state index in [1.807, 2.05) is 36.4 Å². The highest BCUT2D eigenvalue weighted by Crippen LogP contribution is 2.22. The number of benzene rings is 2. The molecule has 1 amide bonds. The average molecular weight is 458 g/mol. The third-order valence-electron chi connectivity index (χ3n) is 6.02. The normalized spacial score (nSPS) is 17.8. The molecule has 4 rings (SSSR count). The molecule has 2 aromatic rings. The summed E-state index contributed by atoms with van der Waals surface area (Å²) in [6.07, 6.45) is 3.81. The predicted molar refractivity (Wildman–Crippen MR) is 125 cm³/mol. The van der Waals surface area contributed by atoms with E-state index in [1.165, 1.54) is 0 Å². The molecule has 2 aliphatic rings. The topological polar surface area (TPSA) is 79.0 Å². The second kappa shape index (κ2) is 10.5. The molecule has 0 spiro atoms. The lowest BCUT2D eigenvalue weighted by Gasteiger charge is -2.29. The van der Waals surface area contributed by atoms with Crippen LogP contribution in [0.15, 0.2) is 53.4 Å². The number of ether oxygens (including phenoxy) is 1. The standard InChI is InChI=1S/C24H31N3O4S/c28-24(25-21-5-4-6-22(19-21)26-15-17-31-18-16-26)12-9-20-7-10-23(11-8-20)32(29,30)27-13-2-1-3-14-27/h4-8,10-11,19H,1-3,9,12-18H2,(H,25,28). The van der Waals surface area contributed by atoms with Crippen molar-refractivity contribution in [3.8, 4) is 0 Å². The lowest BCUT2D eigenvalue weighted by Crippen LogP contribution is -2.36. The molecule has 0 radical (unpaired) electrons. The Kier molecular flexibility index (Phi) is 7.44. The Bertz CT molecular complexity index is 1010. The molecule has 172 valence electrons. The van der Waals surface area contributed by atoms with E-state index >= 15 is 0 Å². The predicted octanol–water partition coefficient (Wildman–Crippen LogP) is 3.27. The zero-order valence-corrected chi connectivity index (χ0v) is 19.1. The highest BCUT2D eigenvalue weighted by Gasteiger charge is 2.25. The molecule has 8 heteroatoms. The minimum atomic E-state index is -3.42. The van der Waals surface area contributed by atoms with Crippen LogP contribution in [0.2, 0.25) is 0 Å². The first kappa shape index (κ1) is 22.8. The fourth-order valence-electron chi connectivity index (χ4n) is 4.17. The summed E-state index contributed by atoms with van der Waals surface area (Å²) in [6, 6.07) is 14.8. The van der Waals surface area contributed by atoms with Gasteiger partial charge in [0, 0.05) is 44.0 Å². The van der Waals surface area contributed by atoms with Gasteiger partial charge >= 0.3 is 0 Å². The molecule has 1 N–H and O–H groups in total. The molecule has 0 bridgehead atoms. The third kappa shape index (κ3) is 5.68. The van der Waals surface area contributed by atoms with Crippen molar-refractivity contribution >= 4 is 27.3 Å². The van der Waals surface area contributed by atoms with Gasteiger partial charge in [-0.3, -0.25) is 4.79 Å². The van der Waals surface area contributed by atoms with Crippen molar-refractivity contribution in [3.05, 3.63) is 54.1 Å². The van der Waals surface area contributed by atoms with Gasteiger partial charge in [-0.15, -0.1) is 0 Å². The number of hydrogen-bond acceptors (Lipinski definition) is 5. The number of anilines is 2. The maximum atomic E-state index is 12.8. The number of rotatable bonds is 7. The number of nitrogens with one attached hydrogen (secondary N) is 1. The molecule has 2 fully saturated rings. The van der Waals surface area contributed by atoms with E-state index in [0.717, 1.165) is 49.3 Å². The number of nitrogens with zero attached hydrogens (tertiary/aromatic N) is 2. The first-order chi connectivity index (χ1) is 15.5. The van der Waals surface area contributed by atoms with Gasteiger partial charge in [0.05, 0.1) is 18.1 Å². The van der Waals surface area contributed by atoms with Crippen LogP contribution in [0.1, 0.15) is 31.2 Å². The Morgan fingerprint density at radius 3 is 2.38 bits per heavy atom. The van der Waals surface area contributed by atoms with Crippen molar-refractivity contribution < 1.29 is 17.9 Å². The molecule has 7 nitrogen and oxygen atoms in total. The van der Waals surface area contributed by atoms with Crippen molar-refractivity contribution in [3.63, 3.8) is 0 Å². The zero-order chi connectivity index (χ0) is 22.4. The number of morpholine rings is 1. The van der Waals surface area contributed by atoms with Crippen molar-refractivity contribution in [2.75, 3.05) is 49.6 Å². The third-order valence-corrected chi connectivity index (χ3v) is 7.94. The molecule has 0 saturated carbocycles. The number of sulfonamides is 1. The minimum Gasteiger partial charge on any atom is -0.378 e. The number of hydrogen-bond donors (Lipinski definition) is 1. The van der Waals surface area contributed by atoms with Crippen molar-refractivity contribution in [1.29, 1.82) is 0 Å². The first-order valence-electron chi connectivity index (χ1n) is 11.3. The molecular weight excluding hydrogens is 426 g/mol. The molecule has 2 heterocycles. The maximum Gasteiger partial charge on any atom is 0.243 e. The van der Waals surface area contributed by atoms with Gasteiger partial charge in [0.15, 0.2) is 0 Å². The molecule has 2 aliphatic heterocycles. The Hall–Kier alpha value is -2.42. The van der Waals surface area contributed by atoms with Crippen molar-refractivity contribution in [2.24, 2.45) is 0 Å². The minimum absolute atomic E-state index is 0.0610. The second-order valence-electron chi connectivity index (χ2n) is 8.31. The first-order valence-corrected chi connectivity index (χ1v) is 12.8. The molecular formula is C24H31N3O4S.